The van der Waals surface area contributed by atoms with Gasteiger partial charge in [-0.3, -0.25) is 4.90 Å². The molecule has 2 nitrogen and oxygen atoms in total. The molecular formula is C14H20F2N2. The van der Waals surface area contributed by atoms with Crippen molar-refractivity contribution in [2.24, 2.45) is 0 Å². The van der Waals surface area contributed by atoms with Gasteiger partial charge in [0.05, 0.1) is 0 Å². The lowest BCUT2D eigenvalue weighted by Gasteiger charge is -2.33. The molecule has 0 amide bonds. The highest BCUT2D eigenvalue weighted by atomic mass is 19.2. The van der Waals surface area contributed by atoms with Crippen molar-refractivity contribution in [3.8, 4) is 0 Å². The summed E-state index contributed by atoms with van der Waals surface area (Å²) in [5.74, 6) is -1.46. The number of rotatable bonds is 4. The molecule has 0 aliphatic carbocycles. The second-order valence-corrected chi connectivity index (χ2v) is 4.84. The molecule has 1 heterocycles. The molecule has 4 heteroatoms. The molecule has 1 aliphatic heterocycles. The normalized spacial score (nSPS) is 21.2. The number of halogens is 2. The number of benzene rings is 1. The molecule has 0 aromatic heterocycles. The van der Waals surface area contributed by atoms with Gasteiger partial charge in [-0.15, -0.1) is 0 Å². The van der Waals surface area contributed by atoms with Gasteiger partial charge < -0.3 is 5.32 Å². The van der Waals surface area contributed by atoms with Crippen LogP contribution in [0.25, 0.3) is 0 Å². The number of piperidine rings is 1. The lowest BCUT2D eigenvalue weighted by Crippen LogP contribution is -2.45. The average Bonchev–Trinajstić information content (AvgIpc) is 2.36. The van der Waals surface area contributed by atoms with Gasteiger partial charge in [-0.25, -0.2) is 8.78 Å². The van der Waals surface area contributed by atoms with Crippen molar-refractivity contribution in [1.82, 2.24) is 10.2 Å². The molecule has 18 heavy (non-hydrogen) atoms. The minimum atomic E-state index is -0.757. The molecule has 1 aliphatic rings. The zero-order valence-corrected chi connectivity index (χ0v) is 10.8. The Morgan fingerprint density at radius 3 is 3.00 bits per heavy atom. The second-order valence-electron chi connectivity index (χ2n) is 4.84. The number of hydrogen-bond acceptors (Lipinski definition) is 2. The first-order valence-electron chi connectivity index (χ1n) is 6.59. The van der Waals surface area contributed by atoms with Crippen LogP contribution in [0.2, 0.25) is 0 Å². The van der Waals surface area contributed by atoms with E-state index in [1.807, 2.05) is 0 Å². The van der Waals surface area contributed by atoms with Gasteiger partial charge in [0.1, 0.15) is 0 Å². The van der Waals surface area contributed by atoms with E-state index < -0.39 is 11.6 Å². The van der Waals surface area contributed by atoms with Crippen LogP contribution in [0.4, 0.5) is 8.78 Å². The van der Waals surface area contributed by atoms with Crippen molar-refractivity contribution in [2.75, 3.05) is 19.6 Å². The molecule has 0 spiro atoms. The van der Waals surface area contributed by atoms with E-state index in [9.17, 15) is 8.78 Å². The highest BCUT2D eigenvalue weighted by Gasteiger charge is 2.20. The van der Waals surface area contributed by atoms with E-state index in [4.69, 9.17) is 0 Å². The summed E-state index contributed by atoms with van der Waals surface area (Å²) >= 11 is 0. The zero-order chi connectivity index (χ0) is 13.0. The van der Waals surface area contributed by atoms with Crippen LogP contribution in [0.5, 0.6) is 0 Å². The van der Waals surface area contributed by atoms with Gasteiger partial charge in [0.25, 0.3) is 0 Å². The van der Waals surface area contributed by atoms with Crippen LogP contribution >= 0.6 is 0 Å². The van der Waals surface area contributed by atoms with E-state index in [-0.39, 0.29) is 0 Å². The largest absolute Gasteiger partial charge is 0.313 e. The molecule has 1 saturated heterocycles. The Labute approximate surface area is 107 Å². The van der Waals surface area contributed by atoms with Crippen molar-refractivity contribution in [3.63, 3.8) is 0 Å². The Morgan fingerprint density at radius 2 is 2.22 bits per heavy atom. The number of hydrogen-bond donors (Lipinski definition) is 1. The molecule has 1 aromatic carbocycles. The van der Waals surface area contributed by atoms with Crippen LogP contribution < -0.4 is 5.32 Å². The van der Waals surface area contributed by atoms with Gasteiger partial charge in [0.2, 0.25) is 0 Å². The summed E-state index contributed by atoms with van der Waals surface area (Å²) in [6.45, 7) is 5.39. The predicted octanol–water partition coefficient (Wildman–Crippen LogP) is 2.54. The fourth-order valence-electron chi connectivity index (χ4n) is 2.57. The molecule has 1 atom stereocenters. The molecule has 100 valence electrons. The van der Waals surface area contributed by atoms with E-state index in [0.717, 1.165) is 38.5 Å². The lowest BCUT2D eigenvalue weighted by atomic mass is 10.0. The predicted molar refractivity (Wildman–Crippen MR) is 68.3 cm³/mol. The number of nitrogens with zero attached hydrogens (tertiary/aromatic N) is 1. The van der Waals surface area contributed by atoms with Gasteiger partial charge in [-0.05, 0) is 32.0 Å². The van der Waals surface area contributed by atoms with Crippen LogP contribution in [-0.2, 0) is 6.54 Å². The Kier molecular flexibility index (Phi) is 4.66. The van der Waals surface area contributed by atoms with E-state index in [2.05, 4.69) is 17.1 Å². The summed E-state index contributed by atoms with van der Waals surface area (Å²) in [4.78, 5) is 2.19. The third-order valence-electron chi connectivity index (χ3n) is 3.42. The van der Waals surface area contributed by atoms with E-state index in [1.165, 1.54) is 0 Å². The summed E-state index contributed by atoms with van der Waals surface area (Å²) in [5, 5.41) is 3.42. The smallest absolute Gasteiger partial charge is 0.163 e. The summed E-state index contributed by atoms with van der Waals surface area (Å²) < 4.78 is 26.7. The van der Waals surface area contributed by atoms with E-state index in [0.29, 0.717) is 18.2 Å². The second kappa shape index (κ2) is 6.25. The van der Waals surface area contributed by atoms with Crippen LogP contribution in [0, 0.1) is 11.6 Å². The third kappa shape index (κ3) is 3.27. The van der Waals surface area contributed by atoms with Crippen molar-refractivity contribution in [1.29, 1.82) is 0 Å². The van der Waals surface area contributed by atoms with Crippen molar-refractivity contribution < 1.29 is 8.78 Å². The maximum absolute atomic E-state index is 13.6. The summed E-state index contributed by atoms with van der Waals surface area (Å²) in [6.07, 6.45) is 2.27. The maximum Gasteiger partial charge on any atom is 0.163 e. The maximum atomic E-state index is 13.6. The average molecular weight is 254 g/mol. The molecule has 0 bridgehead atoms. The van der Waals surface area contributed by atoms with Crippen molar-refractivity contribution in [2.45, 2.75) is 32.4 Å². The molecule has 0 saturated carbocycles. The molecule has 0 radical (unpaired) electrons. The zero-order valence-electron chi connectivity index (χ0n) is 10.8. The van der Waals surface area contributed by atoms with Crippen LogP contribution in [0.15, 0.2) is 18.2 Å². The topological polar surface area (TPSA) is 15.3 Å². The molecular weight excluding hydrogens is 234 g/mol. The Balaban J connectivity index is 1.98. The van der Waals surface area contributed by atoms with Gasteiger partial charge in [-0.1, -0.05) is 19.1 Å². The third-order valence-corrected chi connectivity index (χ3v) is 3.42. The van der Waals surface area contributed by atoms with Gasteiger partial charge in [0.15, 0.2) is 11.6 Å². The van der Waals surface area contributed by atoms with E-state index >= 15 is 0 Å². The highest BCUT2D eigenvalue weighted by molar-refractivity contribution is 5.18. The van der Waals surface area contributed by atoms with E-state index in [1.54, 1.807) is 12.1 Å². The number of likely N-dealkylation sites (tertiary alicyclic amines) is 1. The SMILES string of the molecule is CCNC1CCCN(Cc2cccc(F)c2F)C1. The molecule has 1 unspecified atom stereocenters. The number of nitrogens with one attached hydrogen (secondary N) is 1. The minimum Gasteiger partial charge on any atom is -0.313 e. The monoisotopic (exact) mass is 254 g/mol. The summed E-state index contributed by atoms with van der Waals surface area (Å²) in [5.41, 5.74) is 0.451. The Hall–Kier alpha value is -1.00. The summed E-state index contributed by atoms with van der Waals surface area (Å²) in [6, 6.07) is 4.87. The Morgan fingerprint density at radius 1 is 1.39 bits per heavy atom. The standard InChI is InChI=1S/C14H20F2N2/c1-2-17-12-6-4-8-18(10-12)9-11-5-3-7-13(15)14(11)16/h3,5,7,12,17H,2,4,6,8-10H2,1H3. The van der Waals surface area contributed by atoms with Crippen LogP contribution in [-0.4, -0.2) is 30.6 Å². The number of likely N-dealkylation sites (N-methyl/N-ethyl adjacent to an activating group) is 1. The van der Waals surface area contributed by atoms with Gasteiger partial charge in [0, 0.05) is 24.7 Å². The first-order chi connectivity index (χ1) is 8.70. The summed E-state index contributed by atoms with van der Waals surface area (Å²) in [7, 11) is 0. The Bertz CT molecular complexity index is 393. The van der Waals surface area contributed by atoms with Crippen LogP contribution in [0.3, 0.4) is 0 Å². The minimum absolute atomic E-state index is 0.451. The van der Waals surface area contributed by atoms with Gasteiger partial charge in [-0.2, -0.15) is 0 Å². The lowest BCUT2D eigenvalue weighted by molar-refractivity contribution is 0.182. The molecule has 1 fully saturated rings. The van der Waals surface area contributed by atoms with Crippen molar-refractivity contribution >= 4 is 0 Å². The first-order valence-corrected chi connectivity index (χ1v) is 6.59. The fraction of sp³-hybridized carbons (Fsp3) is 0.571. The first kappa shape index (κ1) is 13.4. The fourth-order valence-corrected chi connectivity index (χ4v) is 2.57. The van der Waals surface area contributed by atoms with Crippen LogP contribution in [0.1, 0.15) is 25.3 Å². The quantitative estimate of drug-likeness (QED) is 0.888. The molecule has 1 N–H and O–H groups in total. The highest BCUT2D eigenvalue weighted by Crippen LogP contribution is 2.17. The van der Waals surface area contributed by atoms with Crippen molar-refractivity contribution in [3.05, 3.63) is 35.4 Å². The molecule has 1 aromatic rings. The van der Waals surface area contributed by atoms with Gasteiger partial charge >= 0.3 is 0 Å². The molecule has 2 rings (SSSR count).